The van der Waals surface area contributed by atoms with E-state index >= 15 is 0 Å². The van der Waals surface area contributed by atoms with E-state index in [-0.39, 0.29) is 5.91 Å². The Morgan fingerprint density at radius 2 is 1.26 bits per heavy atom. The van der Waals surface area contributed by atoms with Crippen molar-refractivity contribution < 1.29 is 14.3 Å². The molecule has 2 aliphatic rings. The summed E-state index contributed by atoms with van der Waals surface area (Å²) in [6.45, 7) is 13.0. The number of nitrogens with two attached hydrogens (primary N) is 1. The summed E-state index contributed by atoms with van der Waals surface area (Å²) in [7, 11) is 5.20. The zero-order valence-electron chi connectivity index (χ0n) is 31.5. The number of hydrogen-bond donors (Lipinski definition) is 2. The van der Waals surface area contributed by atoms with Crippen LogP contribution in [0.3, 0.4) is 0 Å². The second kappa shape index (κ2) is 17.6. The molecule has 4 aromatic carbocycles. The maximum absolute atomic E-state index is 13.4. The monoisotopic (exact) mass is 770 g/mol. The van der Waals surface area contributed by atoms with Crippen molar-refractivity contribution >= 4 is 62.9 Å². The zero-order chi connectivity index (χ0) is 38.4. The minimum absolute atomic E-state index is 0.296. The number of methoxy groups -OCH3 is 2. The van der Waals surface area contributed by atoms with E-state index < -0.39 is 0 Å². The topological polar surface area (TPSA) is 112 Å². The molecule has 0 bridgehead atoms. The van der Waals surface area contributed by atoms with Gasteiger partial charge in [-0.3, -0.25) is 19.7 Å². The van der Waals surface area contributed by atoms with Crippen molar-refractivity contribution in [1.82, 2.24) is 19.8 Å². The van der Waals surface area contributed by atoms with Gasteiger partial charge in [0.2, 0.25) is 0 Å². The lowest BCUT2D eigenvalue weighted by Gasteiger charge is -2.38. The van der Waals surface area contributed by atoms with Crippen molar-refractivity contribution in [1.29, 1.82) is 0 Å². The number of ether oxygens (including phenoxy) is 2. The summed E-state index contributed by atoms with van der Waals surface area (Å²) >= 11 is 13.4. The molecule has 11 nitrogen and oxygen atoms in total. The molecule has 1 aromatic heterocycles. The summed E-state index contributed by atoms with van der Waals surface area (Å²) in [5.74, 6) is 0.514. The van der Waals surface area contributed by atoms with Gasteiger partial charge in [0.05, 0.1) is 35.3 Å². The number of nitrogen functional groups attached to an aromatic ring is 1. The number of fused-ring (bicyclic) bond motifs is 1. The van der Waals surface area contributed by atoms with Crippen LogP contribution in [0, 0.1) is 0 Å². The van der Waals surface area contributed by atoms with Crippen molar-refractivity contribution in [2.75, 3.05) is 94.5 Å². The molecule has 0 unspecified atom stereocenters. The number of halogens is 2. The van der Waals surface area contributed by atoms with E-state index in [1.54, 1.807) is 30.6 Å². The van der Waals surface area contributed by atoms with E-state index in [0.717, 1.165) is 63.7 Å². The summed E-state index contributed by atoms with van der Waals surface area (Å²) in [5.41, 5.74) is 12.0. The Hall–Kier alpha value is -4.81. The Morgan fingerprint density at radius 3 is 1.80 bits per heavy atom. The number of benzene rings is 4. The van der Waals surface area contributed by atoms with Crippen LogP contribution >= 0.6 is 23.2 Å². The van der Waals surface area contributed by atoms with Gasteiger partial charge in [0, 0.05) is 111 Å². The molecule has 1 amide bonds. The third-order valence-corrected chi connectivity index (χ3v) is 10.8. The molecular weight excluding hydrogens is 723 g/mol. The minimum Gasteiger partial charge on any atom is -0.495 e. The Labute approximate surface area is 327 Å². The van der Waals surface area contributed by atoms with Gasteiger partial charge in [-0.2, -0.15) is 0 Å². The van der Waals surface area contributed by atoms with Gasteiger partial charge in [-0.25, -0.2) is 0 Å². The van der Waals surface area contributed by atoms with E-state index in [1.807, 2.05) is 36.4 Å². The number of piperazine rings is 2. The number of carbonyl (C=O) groups excluding carboxylic acids is 1. The molecule has 2 fully saturated rings. The Bertz CT molecular complexity index is 2020. The average molecular weight is 772 g/mol. The fourth-order valence-corrected chi connectivity index (χ4v) is 7.47. The normalized spacial score (nSPS) is 15.2. The second-order valence-electron chi connectivity index (χ2n) is 13.7. The molecule has 284 valence electrons. The lowest BCUT2D eigenvalue weighted by molar-refractivity contribution is 0.102. The van der Waals surface area contributed by atoms with Crippen molar-refractivity contribution in [2.24, 2.45) is 0 Å². The zero-order valence-corrected chi connectivity index (χ0v) is 33.0. The van der Waals surface area contributed by atoms with Gasteiger partial charge in [0.15, 0.2) is 0 Å². The van der Waals surface area contributed by atoms with E-state index in [9.17, 15) is 4.79 Å². The maximum Gasteiger partial charge on any atom is 0.257 e. The second-order valence-corrected chi connectivity index (χ2v) is 14.5. The molecule has 7 rings (SSSR count). The first-order valence-corrected chi connectivity index (χ1v) is 18.9. The molecule has 13 heteroatoms. The van der Waals surface area contributed by atoms with Gasteiger partial charge in [-0.05, 0) is 75.5 Å². The van der Waals surface area contributed by atoms with Gasteiger partial charge >= 0.3 is 0 Å². The van der Waals surface area contributed by atoms with Gasteiger partial charge in [0.1, 0.15) is 17.0 Å². The van der Waals surface area contributed by atoms with Crippen LogP contribution in [-0.2, 0) is 0 Å². The summed E-state index contributed by atoms with van der Waals surface area (Å²) in [4.78, 5) is 32.0. The van der Waals surface area contributed by atoms with Crippen LogP contribution in [0.4, 0.5) is 22.7 Å². The SMILES string of the molecule is CN1CCN(c2ccc(N)cc2)CC1.COc1cc(OC)c(Cl)c(-c2ccc(C(=O)Nc3ccc(N4CCN(C(C)C)CC4)cc3)c3nccnc23)c1Cl. The number of anilines is 4. The maximum atomic E-state index is 13.4. The summed E-state index contributed by atoms with van der Waals surface area (Å²) in [6.07, 6.45) is 3.11. The first-order valence-electron chi connectivity index (χ1n) is 18.1. The quantitative estimate of drug-likeness (QED) is 0.155. The minimum atomic E-state index is -0.296. The fourth-order valence-electron chi connectivity index (χ4n) is 6.76. The van der Waals surface area contributed by atoms with Crippen LogP contribution in [0.1, 0.15) is 24.2 Å². The Kier molecular flexibility index (Phi) is 12.6. The third-order valence-electron chi connectivity index (χ3n) is 10.0. The number of nitrogens with one attached hydrogen (secondary N) is 1. The molecule has 5 aromatic rings. The number of aromatic nitrogens is 2. The van der Waals surface area contributed by atoms with Gasteiger partial charge in [-0.1, -0.05) is 29.3 Å². The standard InChI is InChI=1S/C30H31Cl2N5O3.C11H17N3/c1-18(2)36-13-15-37(16-14-36)20-7-5-19(6-8-20)35-30(38)22-10-9-21(28-29(22)34-12-11-33-28)25-26(31)23(39-3)17-24(40-4)27(25)32;1-13-6-8-14(9-7-13)11-4-2-10(12)3-5-11/h5-12,17-18H,13-16H2,1-4H3,(H,35,38);2-5H,6-9,12H2,1H3. The predicted octanol–water partition coefficient (Wildman–Crippen LogP) is 7.42. The number of carbonyl (C=O) groups is 1. The molecule has 0 radical (unpaired) electrons. The molecule has 2 saturated heterocycles. The lowest BCUT2D eigenvalue weighted by Crippen LogP contribution is -2.48. The molecular formula is C41H48Cl2N8O3. The van der Waals surface area contributed by atoms with Gasteiger partial charge in [-0.15, -0.1) is 0 Å². The van der Waals surface area contributed by atoms with Crippen LogP contribution in [0.2, 0.25) is 10.0 Å². The number of rotatable bonds is 8. The summed E-state index contributed by atoms with van der Waals surface area (Å²) in [5, 5.41) is 3.61. The van der Waals surface area contributed by atoms with Crippen molar-refractivity contribution in [3.8, 4) is 22.6 Å². The van der Waals surface area contributed by atoms with E-state index in [2.05, 4.69) is 67.9 Å². The highest BCUT2D eigenvalue weighted by Crippen LogP contribution is 2.47. The first kappa shape index (κ1) is 38.9. The molecule has 3 heterocycles. The smallest absolute Gasteiger partial charge is 0.257 e. The highest BCUT2D eigenvalue weighted by Gasteiger charge is 2.24. The fraction of sp³-hybridized carbons (Fsp3) is 0.341. The molecule has 0 spiro atoms. The third kappa shape index (κ3) is 8.76. The first-order chi connectivity index (χ1) is 26.1. The Morgan fingerprint density at radius 1 is 0.741 bits per heavy atom. The van der Waals surface area contributed by atoms with E-state index in [1.165, 1.54) is 19.9 Å². The molecule has 3 N–H and O–H groups in total. The van der Waals surface area contributed by atoms with Crippen LogP contribution in [0.15, 0.2) is 79.1 Å². The number of hydrogen-bond acceptors (Lipinski definition) is 10. The Balaban J connectivity index is 0.000000297. The van der Waals surface area contributed by atoms with Crippen LogP contribution in [-0.4, -0.2) is 105 Å². The lowest BCUT2D eigenvalue weighted by atomic mass is 9.99. The molecule has 0 atom stereocenters. The molecule has 0 saturated carbocycles. The predicted molar refractivity (Wildman–Crippen MR) is 222 cm³/mol. The van der Waals surface area contributed by atoms with Crippen LogP contribution in [0.25, 0.3) is 22.2 Å². The molecule has 0 aliphatic carbocycles. The average Bonchev–Trinajstić information content (AvgIpc) is 3.19. The molecule has 54 heavy (non-hydrogen) atoms. The van der Waals surface area contributed by atoms with E-state index in [4.69, 9.17) is 38.4 Å². The highest BCUT2D eigenvalue weighted by atomic mass is 35.5. The highest BCUT2D eigenvalue weighted by molar-refractivity contribution is 6.41. The summed E-state index contributed by atoms with van der Waals surface area (Å²) < 4.78 is 10.9. The van der Waals surface area contributed by atoms with Crippen molar-refractivity contribution in [3.63, 3.8) is 0 Å². The van der Waals surface area contributed by atoms with Crippen LogP contribution in [0.5, 0.6) is 11.5 Å². The number of nitrogens with zero attached hydrogens (tertiary/aromatic N) is 6. The number of likely N-dealkylation sites (N-methyl/N-ethyl adjacent to an activating group) is 1. The van der Waals surface area contributed by atoms with Crippen LogP contribution < -0.4 is 30.3 Å². The number of amides is 1. The van der Waals surface area contributed by atoms with Gasteiger partial charge < -0.3 is 35.2 Å². The van der Waals surface area contributed by atoms with Crippen molar-refractivity contribution in [2.45, 2.75) is 19.9 Å². The molecule has 2 aliphatic heterocycles. The van der Waals surface area contributed by atoms with Crippen molar-refractivity contribution in [3.05, 3.63) is 94.7 Å². The van der Waals surface area contributed by atoms with Gasteiger partial charge in [0.25, 0.3) is 5.91 Å². The summed E-state index contributed by atoms with van der Waals surface area (Å²) in [6, 6.07) is 21.7. The van der Waals surface area contributed by atoms with E-state index in [0.29, 0.717) is 61.0 Å². The largest absolute Gasteiger partial charge is 0.495 e.